The molecule has 23 heavy (non-hydrogen) atoms. The van der Waals surface area contributed by atoms with Crippen molar-refractivity contribution in [3.05, 3.63) is 77.1 Å². The van der Waals surface area contributed by atoms with Crippen LogP contribution in [-0.2, 0) is 0 Å². The molecule has 2 bridgehead atoms. The smallest absolute Gasteiger partial charge is 0.335 e. The standard InChI is InChI=1S/C20H14O3/c21-20(22)11-5-6-13-12-8-16(15(13)7-11)17(9-12)18-10-23-19-4-2-1-3-14(18)19/h1-7,9-10,12,16H,8H2,(H,21,22). The lowest BCUT2D eigenvalue weighted by Gasteiger charge is -2.17. The highest BCUT2D eigenvalue weighted by atomic mass is 16.4. The Kier molecular flexibility index (Phi) is 2.41. The molecule has 0 radical (unpaired) electrons. The summed E-state index contributed by atoms with van der Waals surface area (Å²) in [7, 11) is 0. The van der Waals surface area contributed by atoms with Crippen LogP contribution in [0.2, 0.25) is 0 Å². The van der Waals surface area contributed by atoms with E-state index in [1.165, 1.54) is 11.1 Å². The Hall–Kier alpha value is -2.81. The molecule has 1 N–H and O–H groups in total. The average Bonchev–Trinajstić information content (AvgIpc) is 3.26. The molecule has 2 aliphatic rings. The van der Waals surface area contributed by atoms with Crippen LogP contribution >= 0.6 is 0 Å². The van der Waals surface area contributed by atoms with E-state index >= 15 is 0 Å². The third-order valence-electron chi connectivity index (χ3n) is 5.15. The van der Waals surface area contributed by atoms with Gasteiger partial charge in [0.1, 0.15) is 5.58 Å². The van der Waals surface area contributed by atoms with Crippen molar-refractivity contribution in [1.29, 1.82) is 0 Å². The first-order chi connectivity index (χ1) is 11.2. The van der Waals surface area contributed by atoms with Gasteiger partial charge in [0.25, 0.3) is 0 Å². The molecule has 2 aromatic carbocycles. The van der Waals surface area contributed by atoms with Gasteiger partial charge in [0.15, 0.2) is 0 Å². The molecule has 0 aliphatic heterocycles. The summed E-state index contributed by atoms with van der Waals surface area (Å²) < 4.78 is 5.68. The maximum absolute atomic E-state index is 11.3. The number of para-hydroxylation sites is 1. The van der Waals surface area contributed by atoms with E-state index in [4.69, 9.17) is 4.42 Å². The molecule has 2 atom stereocenters. The summed E-state index contributed by atoms with van der Waals surface area (Å²) in [6.07, 6.45) is 5.19. The minimum absolute atomic E-state index is 0.273. The van der Waals surface area contributed by atoms with Crippen LogP contribution in [0, 0.1) is 0 Å². The molecule has 1 heterocycles. The third kappa shape index (κ3) is 1.67. The van der Waals surface area contributed by atoms with E-state index in [9.17, 15) is 9.90 Å². The number of fused-ring (bicyclic) bond motifs is 6. The van der Waals surface area contributed by atoms with Crippen molar-refractivity contribution in [2.75, 3.05) is 0 Å². The van der Waals surface area contributed by atoms with Crippen LogP contribution in [0.4, 0.5) is 0 Å². The zero-order valence-electron chi connectivity index (χ0n) is 12.3. The first kappa shape index (κ1) is 12.7. The number of benzene rings is 2. The Morgan fingerprint density at radius 3 is 2.87 bits per heavy atom. The van der Waals surface area contributed by atoms with Gasteiger partial charge < -0.3 is 9.52 Å². The number of allylic oxidation sites excluding steroid dienone is 2. The molecule has 2 aliphatic carbocycles. The lowest BCUT2D eigenvalue weighted by molar-refractivity contribution is 0.0696. The molecule has 0 amide bonds. The molecule has 0 fully saturated rings. The molecule has 5 rings (SSSR count). The quantitative estimate of drug-likeness (QED) is 0.739. The second kappa shape index (κ2) is 4.35. The summed E-state index contributed by atoms with van der Waals surface area (Å²) >= 11 is 0. The Morgan fingerprint density at radius 1 is 1.13 bits per heavy atom. The summed E-state index contributed by atoms with van der Waals surface area (Å²) in [5.74, 6) is -0.202. The van der Waals surface area contributed by atoms with Gasteiger partial charge in [-0.15, -0.1) is 0 Å². The molecule has 0 saturated heterocycles. The summed E-state index contributed by atoms with van der Waals surface area (Å²) in [6, 6.07) is 13.6. The molecule has 3 nitrogen and oxygen atoms in total. The molecule has 1 aromatic heterocycles. The Labute approximate surface area is 132 Å². The Morgan fingerprint density at radius 2 is 2.00 bits per heavy atom. The van der Waals surface area contributed by atoms with E-state index in [2.05, 4.69) is 12.1 Å². The normalized spacial score (nSPS) is 21.5. The molecule has 3 heteroatoms. The fraction of sp³-hybridized carbons (Fsp3) is 0.150. The fourth-order valence-corrected chi connectivity index (χ4v) is 4.12. The van der Waals surface area contributed by atoms with Gasteiger partial charge in [-0.1, -0.05) is 30.3 Å². The van der Waals surface area contributed by atoms with Gasteiger partial charge in [0, 0.05) is 22.8 Å². The maximum atomic E-state index is 11.3. The van der Waals surface area contributed by atoms with E-state index in [0.29, 0.717) is 11.5 Å². The van der Waals surface area contributed by atoms with Crippen molar-refractivity contribution >= 4 is 22.5 Å². The highest BCUT2D eigenvalue weighted by Gasteiger charge is 2.39. The van der Waals surface area contributed by atoms with Crippen LogP contribution in [-0.4, -0.2) is 11.1 Å². The van der Waals surface area contributed by atoms with Crippen molar-refractivity contribution in [2.24, 2.45) is 0 Å². The van der Waals surface area contributed by atoms with Crippen LogP contribution in [0.15, 0.2) is 59.2 Å². The zero-order valence-corrected chi connectivity index (χ0v) is 12.3. The maximum Gasteiger partial charge on any atom is 0.335 e. The van der Waals surface area contributed by atoms with Crippen LogP contribution in [0.5, 0.6) is 0 Å². The van der Waals surface area contributed by atoms with Gasteiger partial charge in [-0.3, -0.25) is 0 Å². The van der Waals surface area contributed by atoms with Crippen molar-refractivity contribution in [3.8, 4) is 0 Å². The second-order valence-electron chi connectivity index (χ2n) is 6.31. The van der Waals surface area contributed by atoms with Crippen molar-refractivity contribution in [1.82, 2.24) is 0 Å². The SMILES string of the molecule is O=C(O)c1ccc2c(c1)C1CC2C=C1c1coc2ccccc12. The van der Waals surface area contributed by atoms with Crippen LogP contribution in [0.1, 0.15) is 45.3 Å². The number of rotatable bonds is 2. The predicted molar refractivity (Wildman–Crippen MR) is 87.7 cm³/mol. The highest BCUT2D eigenvalue weighted by molar-refractivity contribution is 5.95. The van der Waals surface area contributed by atoms with Crippen LogP contribution in [0.3, 0.4) is 0 Å². The number of carboxylic acid groups (broad SMARTS) is 1. The second-order valence-corrected chi connectivity index (χ2v) is 6.31. The number of hydrogen-bond acceptors (Lipinski definition) is 2. The summed E-state index contributed by atoms with van der Waals surface area (Å²) in [6.45, 7) is 0. The lowest BCUT2D eigenvalue weighted by atomic mass is 9.86. The summed E-state index contributed by atoms with van der Waals surface area (Å²) in [5.41, 5.74) is 6.11. The Bertz CT molecular complexity index is 993. The van der Waals surface area contributed by atoms with E-state index < -0.39 is 5.97 Å². The van der Waals surface area contributed by atoms with Gasteiger partial charge in [0.05, 0.1) is 11.8 Å². The molecule has 112 valence electrons. The molecular formula is C20H14O3. The number of furan rings is 1. The van der Waals surface area contributed by atoms with E-state index in [1.54, 1.807) is 6.07 Å². The number of carboxylic acids is 1. The Balaban J connectivity index is 1.65. The summed E-state index contributed by atoms with van der Waals surface area (Å²) in [4.78, 5) is 11.3. The number of carbonyl (C=O) groups is 1. The predicted octanol–water partition coefficient (Wildman–Crippen LogP) is 4.80. The van der Waals surface area contributed by atoms with Gasteiger partial charge in [0.2, 0.25) is 0 Å². The molecule has 0 saturated carbocycles. The first-order valence-electron chi connectivity index (χ1n) is 7.78. The fourth-order valence-electron chi connectivity index (χ4n) is 4.12. The van der Waals surface area contributed by atoms with Gasteiger partial charge in [-0.05, 0) is 41.3 Å². The minimum Gasteiger partial charge on any atom is -0.478 e. The van der Waals surface area contributed by atoms with Crippen LogP contribution in [0.25, 0.3) is 16.5 Å². The number of aromatic carboxylic acids is 1. The van der Waals surface area contributed by atoms with Crippen molar-refractivity contribution < 1.29 is 14.3 Å². The third-order valence-corrected chi connectivity index (χ3v) is 5.15. The van der Waals surface area contributed by atoms with Crippen LogP contribution < -0.4 is 0 Å². The van der Waals surface area contributed by atoms with E-state index in [1.807, 2.05) is 36.6 Å². The minimum atomic E-state index is -0.866. The number of hydrogen-bond donors (Lipinski definition) is 1. The van der Waals surface area contributed by atoms with Crippen molar-refractivity contribution in [2.45, 2.75) is 18.3 Å². The van der Waals surface area contributed by atoms with E-state index in [-0.39, 0.29) is 5.92 Å². The van der Waals surface area contributed by atoms with Crippen molar-refractivity contribution in [3.63, 3.8) is 0 Å². The summed E-state index contributed by atoms with van der Waals surface area (Å²) in [5, 5.41) is 10.4. The van der Waals surface area contributed by atoms with Gasteiger partial charge in [-0.2, -0.15) is 0 Å². The molecular weight excluding hydrogens is 288 g/mol. The molecule has 3 aromatic rings. The first-order valence-corrected chi connectivity index (χ1v) is 7.78. The average molecular weight is 302 g/mol. The monoisotopic (exact) mass is 302 g/mol. The lowest BCUT2D eigenvalue weighted by Crippen LogP contribution is -2.03. The largest absolute Gasteiger partial charge is 0.478 e. The molecule has 0 spiro atoms. The highest BCUT2D eigenvalue weighted by Crippen LogP contribution is 2.56. The topological polar surface area (TPSA) is 50.4 Å². The van der Waals surface area contributed by atoms with E-state index in [0.717, 1.165) is 28.5 Å². The van der Waals surface area contributed by atoms with Gasteiger partial charge >= 0.3 is 5.97 Å². The zero-order chi connectivity index (χ0) is 15.6. The van der Waals surface area contributed by atoms with Gasteiger partial charge in [-0.25, -0.2) is 4.79 Å². The molecule has 2 unspecified atom stereocenters.